The highest BCUT2D eigenvalue weighted by atomic mass is 15.3. The van der Waals surface area contributed by atoms with Gasteiger partial charge in [-0.3, -0.25) is 4.90 Å². The third-order valence-corrected chi connectivity index (χ3v) is 4.32. The third-order valence-electron chi connectivity index (χ3n) is 4.32. The molecule has 96 valence electrons. The maximum absolute atomic E-state index is 3.68. The highest BCUT2D eigenvalue weighted by molar-refractivity contribution is 5.58. The van der Waals surface area contributed by atoms with Crippen molar-refractivity contribution in [1.82, 2.24) is 4.90 Å². The lowest BCUT2D eigenvalue weighted by molar-refractivity contribution is 0.215. The second kappa shape index (κ2) is 4.39. The number of nitrogens with one attached hydrogen (secondary N) is 1. The number of nitrogens with zero attached hydrogens (tertiary/aromatic N) is 1. The minimum atomic E-state index is 0.408. The van der Waals surface area contributed by atoms with Crippen LogP contribution >= 0.6 is 0 Å². The molecule has 0 aliphatic carbocycles. The van der Waals surface area contributed by atoms with Crippen molar-refractivity contribution in [3.63, 3.8) is 0 Å². The van der Waals surface area contributed by atoms with Gasteiger partial charge in [0.1, 0.15) is 0 Å². The minimum Gasteiger partial charge on any atom is -0.369 e. The number of fused-ring (bicyclic) bond motifs is 2. The zero-order valence-electron chi connectivity index (χ0n) is 10.9. The molecule has 2 heteroatoms. The topological polar surface area (TPSA) is 15.3 Å². The molecule has 4 rings (SSSR count). The summed E-state index contributed by atoms with van der Waals surface area (Å²) in [4.78, 5) is 2.61. The Balaban J connectivity index is 1.86. The van der Waals surface area contributed by atoms with Gasteiger partial charge < -0.3 is 5.32 Å². The molecular formula is C17H18N2. The minimum absolute atomic E-state index is 0.408. The average molecular weight is 250 g/mol. The fourth-order valence-corrected chi connectivity index (χ4v) is 3.48. The van der Waals surface area contributed by atoms with Crippen LogP contribution in [-0.2, 0) is 0 Å². The Bertz CT molecular complexity index is 579. The second-order valence-electron chi connectivity index (χ2n) is 5.44. The molecule has 1 saturated heterocycles. The highest BCUT2D eigenvalue weighted by Crippen LogP contribution is 2.42. The van der Waals surface area contributed by atoms with Crippen molar-refractivity contribution < 1.29 is 0 Å². The molecule has 1 N–H and O–H groups in total. The Morgan fingerprint density at radius 1 is 0.947 bits per heavy atom. The van der Waals surface area contributed by atoms with E-state index in [1.54, 1.807) is 0 Å². The van der Waals surface area contributed by atoms with Crippen LogP contribution in [0.4, 0.5) is 5.69 Å². The van der Waals surface area contributed by atoms with Crippen LogP contribution in [0.15, 0.2) is 54.6 Å². The molecule has 0 spiro atoms. The lowest BCUT2D eigenvalue weighted by Crippen LogP contribution is -2.43. The fourth-order valence-electron chi connectivity index (χ4n) is 3.48. The normalized spacial score (nSPS) is 25.5. The van der Waals surface area contributed by atoms with Crippen molar-refractivity contribution in [3.05, 3.63) is 65.7 Å². The van der Waals surface area contributed by atoms with Gasteiger partial charge in [-0.05, 0) is 30.0 Å². The van der Waals surface area contributed by atoms with Crippen LogP contribution in [0.1, 0.15) is 30.0 Å². The lowest BCUT2D eigenvalue weighted by Gasteiger charge is -2.40. The van der Waals surface area contributed by atoms with E-state index in [0.29, 0.717) is 12.2 Å². The second-order valence-corrected chi connectivity index (χ2v) is 5.44. The van der Waals surface area contributed by atoms with Crippen molar-refractivity contribution in [3.8, 4) is 0 Å². The summed E-state index contributed by atoms with van der Waals surface area (Å²) in [7, 11) is 0. The summed E-state index contributed by atoms with van der Waals surface area (Å²) >= 11 is 0. The van der Waals surface area contributed by atoms with Crippen LogP contribution in [0.5, 0.6) is 0 Å². The predicted octanol–water partition coefficient (Wildman–Crippen LogP) is 3.62. The first-order valence-corrected chi connectivity index (χ1v) is 7.09. The van der Waals surface area contributed by atoms with Crippen LogP contribution in [0.3, 0.4) is 0 Å². The maximum atomic E-state index is 3.68. The predicted molar refractivity (Wildman–Crippen MR) is 78.1 cm³/mol. The van der Waals surface area contributed by atoms with E-state index in [4.69, 9.17) is 0 Å². The first-order valence-electron chi connectivity index (χ1n) is 7.09. The van der Waals surface area contributed by atoms with Gasteiger partial charge in [-0.15, -0.1) is 0 Å². The third kappa shape index (κ3) is 1.75. The van der Waals surface area contributed by atoms with Gasteiger partial charge in [0.2, 0.25) is 0 Å². The van der Waals surface area contributed by atoms with Crippen LogP contribution in [0.2, 0.25) is 0 Å². The molecule has 1 fully saturated rings. The lowest BCUT2D eigenvalue weighted by atomic mass is 9.93. The van der Waals surface area contributed by atoms with Gasteiger partial charge in [0.25, 0.3) is 0 Å². The Hall–Kier alpha value is -1.80. The SMILES string of the molecule is c1ccc(C2c3ccccc3NC3CCCN32)cc1. The van der Waals surface area contributed by atoms with Crippen molar-refractivity contribution in [2.45, 2.75) is 25.0 Å². The van der Waals surface area contributed by atoms with Crippen molar-refractivity contribution in [2.75, 3.05) is 11.9 Å². The van der Waals surface area contributed by atoms with Gasteiger partial charge in [-0.1, -0.05) is 48.5 Å². The largest absolute Gasteiger partial charge is 0.369 e. The Labute approximate surface area is 114 Å². The van der Waals surface area contributed by atoms with E-state index in [-0.39, 0.29) is 0 Å². The van der Waals surface area contributed by atoms with E-state index >= 15 is 0 Å². The van der Waals surface area contributed by atoms with Crippen LogP contribution in [0.25, 0.3) is 0 Å². The van der Waals surface area contributed by atoms with Crippen LogP contribution < -0.4 is 5.32 Å². The molecule has 0 bridgehead atoms. The molecule has 19 heavy (non-hydrogen) atoms. The van der Waals surface area contributed by atoms with Gasteiger partial charge in [0.15, 0.2) is 0 Å². The smallest absolute Gasteiger partial charge is 0.0801 e. The monoisotopic (exact) mass is 250 g/mol. The van der Waals surface area contributed by atoms with E-state index in [2.05, 4.69) is 64.8 Å². The zero-order valence-corrected chi connectivity index (χ0v) is 10.9. The van der Waals surface area contributed by atoms with E-state index in [1.165, 1.54) is 36.2 Å². The number of rotatable bonds is 1. The summed E-state index contributed by atoms with van der Waals surface area (Å²) in [5.74, 6) is 0. The molecule has 2 aliphatic rings. The number of hydrogen-bond acceptors (Lipinski definition) is 2. The van der Waals surface area contributed by atoms with E-state index in [9.17, 15) is 0 Å². The van der Waals surface area contributed by atoms with Crippen molar-refractivity contribution in [2.24, 2.45) is 0 Å². The molecule has 0 saturated carbocycles. The summed E-state index contributed by atoms with van der Waals surface area (Å²) in [6.07, 6.45) is 3.03. The van der Waals surface area contributed by atoms with Crippen molar-refractivity contribution >= 4 is 5.69 Å². The molecular weight excluding hydrogens is 232 g/mol. The molecule has 2 heterocycles. The summed E-state index contributed by atoms with van der Waals surface area (Å²) in [5.41, 5.74) is 4.12. The summed E-state index contributed by atoms with van der Waals surface area (Å²) in [6.45, 7) is 1.19. The van der Waals surface area contributed by atoms with E-state index < -0.39 is 0 Å². The first kappa shape index (κ1) is 11.1. The maximum Gasteiger partial charge on any atom is 0.0801 e. The Morgan fingerprint density at radius 3 is 2.63 bits per heavy atom. The molecule has 2 aromatic rings. The quantitative estimate of drug-likeness (QED) is 0.831. The van der Waals surface area contributed by atoms with Gasteiger partial charge >= 0.3 is 0 Å². The summed E-state index contributed by atoms with van der Waals surface area (Å²) in [5, 5.41) is 3.68. The van der Waals surface area contributed by atoms with Crippen molar-refractivity contribution in [1.29, 1.82) is 0 Å². The van der Waals surface area contributed by atoms with E-state index in [1.807, 2.05) is 0 Å². The van der Waals surface area contributed by atoms with Gasteiger partial charge in [0.05, 0.1) is 12.2 Å². The Kier molecular flexibility index (Phi) is 2.56. The molecule has 2 aliphatic heterocycles. The van der Waals surface area contributed by atoms with E-state index in [0.717, 1.165) is 0 Å². The molecule has 0 amide bonds. The van der Waals surface area contributed by atoms with Crippen LogP contribution in [-0.4, -0.2) is 17.6 Å². The molecule has 0 aromatic heterocycles. The average Bonchev–Trinajstić information content (AvgIpc) is 2.93. The number of hydrogen-bond donors (Lipinski definition) is 1. The molecule has 2 unspecified atom stereocenters. The van der Waals surface area contributed by atoms with Crippen LogP contribution in [0, 0.1) is 0 Å². The molecule has 2 aromatic carbocycles. The standard InChI is InChI=1S/C17H18N2/c1-2-7-13(8-3-1)17-14-9-4-5-10-15(14)18-16-11-6-12-19(16)17/h1-5,7-10,16-18H,6,11-12H2. The van der Waals surface area contributed by atoms with Gasteiger partial charge in [-0.25, -0.2) is 0 Å². The number of anilines is 1. The zero-order chi connectivity index (χ0) is 12.7. The Morgan fingerprint density at radius 2 is 1.74 bits per heavy atom. The molecule has 2 atom stereocenters. The summed E-state index contributed by atoms with van der Waals surface area (Å²) < 4.78 is 0. The molecule has 2 nitrogen and oxygen atoms in total. The van der Waals surface area contributed by atoms with Gasteiger partial charge in [-0.2, -0.15) is 0 Å². The highest BCUT2D eigenvalue weighted by Gasteiger charge is 2.37. The van der Waals surface area contributed by atoms with Gasteiger partial charge in [0, 0.05) is 12.2 Å². The summed E-state index contributed by atoms with van der Waals surface area (Å²) in [6, 6.07) is 20.0. The first-order chi connectivity index (χ1) is 9.43. The molecule has 0 radical (unpaired) electrons. The number of para-hydroxylation sites is 1. The fraction of sp³-hybridized carbons (Fsp3) is 0.294. The number of benzene rings is 2.